The van der Waals surface area contributed by atoms with Crippen LogP contribution in [0, 0.1) is 5.82 Å². The summed E-state index contributed by atoms with van der Waals surface area (Å²) in [7, 11) is 0. The van der Waals surface area contributed by atoms with Gasteiger partial charge in [-0.3, -0.25) is 4.79 Å². The van der Waals surface area contributed by atoms with E-state index < -0.39 is 0 Å². The van der Waals surface area contributed by atoms with E-state index >= 15 is 0 Å². The highest BCUT2D eigenvalue weighted by Gasteiger charge is 2.25. The molecule has 0 saturated heterocycles. The van der Waals surface area contributed by atoms with E-state index in [-0.39, 0.29) is 11.6 Å². The van der Waals surface area contributed by atoms with Gasteiger partial charge in [0.2, 0.25) is 0 Å². The SMILES string of the molecule is CC(=O)c1ccc2c(n1)-c1c(sc3c(F)cccc13)CO2. The van der Waals surface area contributed by atoms with Crippen molar-refractivity contribution in [3.8, 4) is 17.0 Å². The Balaban J connectivity index is 2.07. The summed E-state index contributed by atoms with van der Waals surface area (Å²) in [6.45, 7) is 1.88. The smallest absolute Gasteiger partial charge is 0.178 e. The lowest BCUT2D eigenvalue weighted by Gasteiger charge is -2.17. The highest BCUT2D eigenvalue weighted by atomic mass is 32.1. The molecule has 3 nitrogen and oxygen atoms in total. The van der Waals surface area contributed by atoms with E-state index in [2.05, 4.69) is 4.98 Å². The van der Waals surface area contributed by atoms with Crippen molar-refractivity contribution in [2.75, 3.05) is 0 Å². The first kappa shape index (κ1) is 12.5. The van der Waals surface area contributed by atoms with Gasteiger partial charge < -0.3 is 4.74 Å². The Morgan fingerprint density at radius 3 is 3.00 bits per heavy atom. The maximum absolute atomic E-state index is 14.0. The number of carbonyl (C=O) groups is 1. The van der Waals surface area contributed by atoms with Crippen molar-refractivity contribution >= 4 is 27.2 Å². The van der Waals surface area contributed by atoms with Gasteiger partial charge in [-0.1, -0.05) is 12.1 Å². The van der Waals surface area contributed by atoms with E-state index in [0.717, 1.165) is 15.8 Å². The molecular formula is C16H10FNO2S. The molecule has 1 aromatic carbocycles. The zero-order valence-corrected chi connectivity index (χ0v) is 12.0. The van der Waals surface area contributed by atoms with E-state index in [1.807, 2.05) is 6.07 Å². The zero-order valence-electron chi connectivity index (χ0n) is 11.1. The lowest BCUT2D eigenvalue weighted by atomic mass is 10.0. The molecule has 0 aliphatic carbocycles. The van der Waals surface area contributed by atoms with Gasteiger partial charge in [0.25, 0.3) is 0 Å². The van der Waals surface area contributed by atoms with Crippen LogP contribution in [0.5, 0.6) is 5.75 Å². The van der Waals surface area contributed by atoms with Gasteiger partial charge >= 0.3 is 0 Å². The first-order chi connectivity index (χ1) is 10.1. The molecule has 104 valence electrons. The van der Waals surface area contributed by atoms with Crippen molar-refractivity contribution in [2.24, 2.45) is 0 Å². The number of carbonyl (C=O) groups excluding carboxylic acids is 1. The molecule has 21 heavy (non-hydrogen) atoms. The fourth-order valence-corrected chi connectivity index (χ4v) is 3.69. The molecule has 3 aromatic rings. The Bertz CT molecular complexity index is 901. The molecular weight excluding hydrogens is 289 g/mol. The molecule has 0 atom stereocenters. The minimum Gasteiger partial charge on any atom is -0.486 e. The van der Waals surface area contributed by atoms with Crippen molar-refractivity contribution in [1.82, 2.24) is 4.98 Å². The highest BCUT2D eigenvalue weighted by molar-refractivity contribution is 7.19. The number of pyridine rings is 1. The van der Waals surface area contributed by atoms with Crippen LogP contribution in [0.1, 0.15) is 22.3 Å². The standard InChI is InChI=1S/C16H10FNO2S/c1-8(19)11-5-6-12-15(18-11)14-9-3-2-4-10(17)16(9)21-13(14)7-20-12/h2-6H,7H2,1H3. The monoisotopic (exact) mass is 299 g/mol. The Morgan fingerprint density at radius 2 is 2.19 bits per heavy atom. The van der Waals surface area contributed by atoms with E-state index in [4.69, 9.17) is 4.74 Å². The Labute approximate surface area is 124 Å². The van der Waals surface area contributed by atoms with E-state index in [1.54, 1.807) is 18.2 Å². The van der Waals surface area contributed by atoms with E-state index in [1.165, 1.54) is 24.3 Å². The van der Waals surface area contributed by atoms with Gasteiger partial charge in [0.05, 0.1) is 9.58 Å². The first-order valence-corrected chi connectivity index (χ1v) is 7.32. The Hall–Kier alpha value is -2.27. The van der Waals surface area contributed by atoms with Crippen LogP contribution in [0.4, 0.5) is 4.39 Å². The molecule has 0 amide bonds. The van der Waals surface area contributed by atoms with Crippen LogP contribution < -0.4 is 4.74 Å². The third kappa shape index (κ3) is 1.77. The van der Waals surface area contributed by atoms with Gasteiger partial charge in [0.1, 0.15) is 29.6 Å². The second-order valence-electron chi connectivity index (χ2n) is 4.90. The Kier molecular flexibility index (Phi) is 2.59. The second kappa shape index (κ2) is 4.36. The van der Waals surface area contributed by atoms with Crippen LogP contribution in [0.3, 0.4) is 0 Å². The molecule has 1 aliphatic rings. The van der Waals surface area contributed by atoms with E-state index in [0.29, 0.717) is 28.4 Å². The average Bonchev–Trinajstić information content (AvgIpc) is 2.87. The largest absolute Gasteiger partial charge is 0.486 e. The number of halogens is 1. The minimum atomic E-state index is -0.240. The molecule has 0 saturated carbocycles. The third-order valence-corrected chi connectivity index (χ3v) is 4.74. The molecule has 1 aliphatic heterocycles. The van der Waals surface area contributed by atoms with Crippen molar-refractivity contribution < 1.29 is 13.9 Å². The molecule has 4 rings (SSSR count). The number of hydrogen-bond donors (Lipinski definition) is 0. The van der Waals surface area contributed by atoms with Gasteiger partial charge in [-0.25, -0.2) is 9.37 Å². The van der Waals surface area contributed by atoms with Gasteiger partial charge in [-0.05, 0) is 18.2 Å². The second-order valence-corrected chi connectivity index (χ2v) is 6.01. The maximum Gasteiger partial charge on any atom is 0.178 e. The molecule has 0 unspecified atom stereocenters. The highest BCUT2D eigenvalue weighted by Crippen LogP contribution is 2.45. The van der Waals surface area contributed by atoms with Gasteiger partial charge in [0, 0.05) is 17.9 Å². The fraction of sp³-hybridized carbons (Fsp3) is 0.125. The van der Waals surface area contributed by atoms with Crippen LogP contribution in [-0.4, -0.2) is 10.8 Å². The summed E-state index contributed by atoms with van der Waals surface area (Å²) in [4.78, 5) is 16.9. The number of aromatic nitrogens is 1. The summed E-state index contributed by atoms with van der Waals surface area (Å²) < 4.78 is 20.2. The van der Waals surface area contributed by atoms with Crippen LogP contribution in [-0.2, 0) is 6.61 Å². The molecule has 0 fully saturated rings. The zero-order chi connectivity index (χ0) is 14.6. The maximum atomic E-state index is 14.0. The number of hydrogen-bond acceptors (Lipinski definition) is 4. The molecule has 0 radical (unpaired) electrons. The molecule has 0 bridgehead atoms. The van der Waals surface area contributed by atoms with Crippen LogP contribution in [0.25, 0.3) is 21.3 Å². The minimum absolute atomic E-state index is 0.101. The third-order valence-electron chi connectivity index (χ3n) is 3.55. The summed E-state index contributed by atoms with van der Waals surface area (Å²) in [5, 5.41) is 0.827. The molecule has 2 aromatic heterocycles. The Morgan fingerprint density at radius 1 is 1.33 bits per heavy atom. The summed E-state index contributed by atoms with van der Waals surface area (Å²) >= 11 is 1.38. The predicted molar refractivity (Wildman–Crippen MR) is 79.4 cm³/mol. The molecule has 3 heterocycles. The summed E-state index contributed by atoms with van der Waals surface area (Å²) in [5.41, 5.74) is 1.90. The van der Waals surface area contributed by atoms with Crippen molar-refractivity contribution in [3.05, 3.63) is 46.7 Å². The fourth-order valence-electron chi connectivity index (χ4n) is 2.58. The lowest BCUT2D eigenvalue weighted by molar-refractivity contribution is 0.101. The van der Waals surface area contributed by atoms with Crippen molar-refractivity contribution in [1.29, 1.82) is 0 Å². The van der Waals surface area contributed by atoms with Crippen molar-refractivity contribution in [2.45, 2.75) is 13.5 Å². The number of thiophene rings is 1. The normalized spacial score (nSPS) is 12.7. The average molecular weight is 299 g/mol. The van der Waals surface area contributed by atoms with Crippen LogP contribution in [0.15, 0.2) is 30.3 Å². The number of Topliss-reactive ketones (excluding diaryl/α,β-unsaturated/α-hetero) is 1. The van der Waals surface area contributed by atoms with Gasteiger partial charge in [-0.15, -0.1) is 11.3 Å². The molecule has 0 N–H and O–H groups in total. The van der Waals surface area contributed by atoms with Gasteiger partial charge in [-0.2, -0.15) is 0 Å². The van der Waals surface area contributed by atoms with E-state index in [9.17, 15) is 9.18 Å². The summed E-state index contributed by atoms with van der Waals surface area (Å²) in [6.07, 6.45) is 0. The molecule has 0 spiro atoms. The van der Waals surface area contributed by atoms with Crippen LogP contribution >= 0.6 is 11.3 Å². The number of benzene rings is 1. The van der Waals surface area contributed by atoms with Crippen molar-refractivity contribution in [3.63, 3.8) is 0 Å². The lowest BCUT2D eigenvalue weighted by Crippen LogP contribution is -2.07. The first-order valence-electron chi connectivity index (χ1n) is 6.50. The molecule has 5 heteroatoms. The quantitative estimate of drug-likeness (QED) is 0.632. The number of fused-ring (bicyclic) bond motifs is 5. The van der Waals surface area contributed by atoms with Gasteiger partial charge in [0.15, 0.2) is 5.78 Å². The predicted octanol–water partition coefficient (Wildman–Crippen LogP) is 4.20. The van der Waals surface area contributed by atoms with Crippen LogP contribution in [0.2, 0.25) is 0 Å². The summed E-state index contributed by atoms with van der Waals surface area (Å²) in [5.74, 6) is 0.295. The number of ketones is 1. The number of ether oxygens (including phenoxy) is 1. The number of nitrogens with zero attached hydrogens (tertiary/aromatic N) is 1. The topological polar surface area (TPSA) is 39.2 Å². The number of rotatable bonds is 1. The summed E-state index contributed by atoms with van der Waals surface area (Å²) in [6, 6.07) is 8.43.